The van der Waals surface area contributed by atoms with E-state index < -0.39 is 0 Å². The topological polar surface area (TPSA) is 43.4 Å². The second-order valence-corrected chi connectivity index (χ2v) is 5.58. The Labute approximate surface area is 137 Å². The van der Waals surface area contributed by atoms with Crippen LogP contribution >= 0.6 is 0 Å². The number of allylic oxidation sites excluding steroid dienone is 1. The van der Waals surface area contributed by atoms with Gasteiger partial charge in [0.05, 0.1) is 25.1 Å². The quantitative estimate of drug-likeness (QED) is 0.887. The number of hydrogen-bond acceptors (Lipinski definition) is 4. The van der Waals surface area contributed by atoms with E-state index in [2.05, 4.69) is 22.4 Å². The van der Waals surface area contributed by atoms with Gasteiger partial charge in [0.15, 0.2) is 0 Å². The molecule has 2 aromatic rings. The molecule has 1 aromatic carbocycles. The maximum atomic E-state index is 5.66. The number of hydrogen-bond donors (Lipinski definition) is 1. The molecule has 2 heterocycles. The fourth-order valence-electron chi connectivity index (χ4n) is 2.75. The molecular formula is C19H22N2O2. The maximum absolute atomic E-state index is 5.66. The predicted octanol–water partition coefficient (Wildman–Crippen LogP) is 3.46. The van der Waals surface area contributed by atoms with Gasteiger partial charge in [0.2, 0.25) is 0 Å². The van der Waals surface area contributed by atoms with E-state index in [4.69, 9.17) is 9.47 Å². The average molecular weight is 310 g/mol. The first-order chi connectivity index (χ1) is 11.4. The Bertz CT molecular complexity index is 643. The third-order valence-corrected chi connectivity index (χ3v) is 3.98. The minimum atomic E-state index is 0.0146. The summed E-state index contributed by atoms with van der Waals surface area (Å²) in [5, 5.41) is 3.60. The zero-order valence-corrected chi connectivity index (χ0v) is 13.3. The summed E-state index contributed by atoms with van der Waals surface area (Å²) in [6.07, 6.45) is 8.00. The van der Waals surface area contributed by atoms with Crippen molar-refractivity contribution in [1.82, 2.24) is 10.3 Å². The molecule has 0 saturated carbocycles. The minimum absolute atomic E-state index is 0.0146. The first kappa shape index (κ1) is 15.6. The van der Waals surface area contributed by atoms with Gasteiger partial charge in [-0.05, 0) is 48.7 Å². The van der Waals surface area contributed by atoms with Crippen molar-refractivity contribution in [1.29, 1.82) is 0 Å². The molecule has 23 heavy (non-hydrogen) atoms. The zero-order valence-electron chi connectivity index (χ0n) is 13.3. The molecule has 2 unspecified atom stereocenters. The van der Waals surface area contributed by atoms with Gasteiger partial charge >= 0.3 is 0 Å². The SMILES string of the molecule is COc1cccc(C(NCC2CCC=CO2)c2ccccn2)c1. The largest absolute Gasteiger partial charge is 0.497 e. The van der Waals surface area contributed by atoms with Crippen LogP contribution in [0.2, 0.25) is 0 Å². The first-order valence-electron chi connectivity index (χ1n) is 7.95. The van der Waals surface area contributed by atoms with Crippen molar-refractivity contribution >= 4 is 0 Å². The molecule has 4 nitrogen and oxygen atoms in total. The Morgan fingerprint density at radius 1 is 1.30 bits per heavy atom. The number of methoxy groups -OCH3 is 1. The van der Waals surface area contributed by atoms with Gasteiger partial charge in [-0.25, -0.2) is 0 Å². The molecule has 0 radical (unpaired) electrons. The highest BCUT2D eigenvalue weighted by atomic mass is 16.5. The Kier molecular flexibility index (Phi) is 5.27. The van der Waals surface area contributed by atoms with Crippen molar-refractivity contribution in [2.45, 2.75) is 25.0 Å². The summed E-state index contributed by atoms with van der Waals surface area (Å²) in [6.45, 7) is 0.781. The molecule has 0 spiro atoms. The molecule has 1 aliphatic rings. The van der Waals surface area contributed by atoms with Gasteiger partial charge in [-0.3, -0.25) is 4.98 Å². The van der Waals surface area contributed by atoms with Crippen LogP contribution in [0.4, 0.5) is 0 Å². The van der Waals surface area contributed by atoms with Crippen molar-refractivity contribution < 1.29 is 9.47 Å². The Morgan fingerprint density at radius 3 is 3.00 bits per heavy atom. The molecule has 2 atom stereocenters. The van der Waals surface area contributed by atoms with Crippen molar-refractivity contribution in [3.63, 3.8) is 0 Å². The Hall–Kier alpha value is -2.33. The lowest BCUT2D eigenvalue weighted by atomic mass is 10.0. The van der Waals surface area contributed by atoms with E-state index in [0.717, 1.165) is 36.4 Å². The lowest BCUT2D eigenvalue weighted by molar-refractivity contribution is 0.120. The van der Waals surface area contributed by atoms with Crippen LogP contribution < -0.4 is 10.1 Å². The molecule has 1 aromatic heterocycles. The first-order valence-corrected chi connectivity index (χ1v) is 7.95. The van der Waals surface area contributed by atoms with Crippen LogP contribution in [0.1, 0.15) is 30.1 Å². The van der Waals surface area contributed by atoms with Crippen LogP contribution in [-0.2, 0) is 4.74 Å². The second kappa shape index (κ2) is 7.79. The maximum Gasteiger partial charge on any atom is 0.119 e. The van der Waals surface area contributed by atoms with Gasteiger partial charge in [-0.1, -0.05) is 18.2 Å². The van der Waals surface area contributed by atoms with Crippen LogP contribution in [0.3, 0.4) is 0 Å². The van der Waals surface area contributed by atoms with Crippen molar-refractivity contribution in [3.05, 3.63) is 72.3 Å². The summed E-state index contributed by atoms with van der Waals surface area (Å²) >= 11 is 0. The third kappa shape index (κ3) is 4.11. The average Bonchev–Trinajstić information content (AvgIpc) is 2.64. The monoisotopic (exact) mass is 310 g/mol. The van der Waals surface area contributed by atoms with E-state index in [1.807, 2.05) is 42.6 Å². The van der Waals surface area contributed by atoms with E-state index in [-0.39, 0.29) is 12.1 Å². The number of rotatable bonds is 6. The zero-order chi connectivity index (χ0) is 15.9. The molecule has 1 aliphatic heterocycles. The fraction of sp³-hybridized carbons (Fsp3) is 0.316. The predicted molar refractivity (Wildman–Crippen MR) is 90.3 cm³/mol. The molecular weight excluding hydrogens is 288 g/mol. The van der Waals surface area contributed by atoms with Gasteiger partial charge < -0.3 is 14.8 Å². The summed E-state index contributed by atoms with van der Waals surface area (Å²) < 4.78 is 11.0. The number of pyridine rings is 1. The van der Waals surface area contributed by atoms with Crippen molar-refractivity contribution in [3.8, 4) is 5.75 Å². The van der Waals surface area contributed by atoms with Gasteiger partial charge in [-0.15, -0.1) is 0 Å². The van der Waals surface area contributed by atoms with E-state index in [1.54, 1.807) is 13.4 Å². The Morgan fingerprint density at radius 2 is 2.26 bits per heavy atom. The van der Waals surface area contributed by atoms with Crippen LogP contribution in [-0.4, -0.2) is 24.7 Å². The minimum Gasteiger partial charge on any atom is -0.497 e. The van der Waals surface area contributed by atoms with Crippen molar-refractivity contribution in [2.24, 2.45) is 0 Å². The molecule has 1 N–H and O–H groups in total. The molecule has 0 bridgehead atoms. The van der Waals surface area contributed by atoms with Gasteiger partial charge in [-0.2, -0.15) is 0 Å². The lowest BCUT2D eigenvalue weighted by Gasteiger charge is -2.24. The van der Waals surface area contributed by atoms with Crippen molar-refractivity contribution in [2.75, 3.05) is 13.7 Å². The number of nitrogens with zero attached hydrogens (tertiary/aromatic N) is 1. The highest BCUT2D eigenvalue weighted by Crippen LogP contribution is 2.24. The second-order valence-electron chi connectivity index (χ2n) is 5.58. The van der Waals surface area contributed by atoms with Crippen LogP contribution in [0.5, 0.6) is 5.75 Å². The van der Waals surface area contributed by atoms with Gasteiger partial charge in [0.25, 0.3) is 0 Å². The van der Waals surface area contributed by atoms with Crippen LogP contribution in [0, 0.1) is 0 Å². The molecule has 0 fully saturated rings. The number of nitrogens with one attached hydrogen (secondary N) is 1. The van der Waals surface area contributed by atoms with E-state index >= 15 is 0 Å². The molecule has 120 valence electrons. The Balaban J connectivity index is 1.80. The molecule has 0 amide bonds. The van der Waals surface area contributed by atoms with E-state index in [0.29, 0.717) is 0 Å². The third-order valence-electron chi connectivity index (χ3n) is 3.98. The highest BCUT2D eigenvalue weighted by Gasteiger charge is 2.18. The van der Waals surface area contributed by atoms with Gasteiger partial charge in [0, 0.05) is 12.7 Å². The number of benzene rings is 1. The molecule has 4 heteroatoms. The summed E-state index contributed by atoms with van der Waals surface area (Å²) in [7, 11) is 1.69. The molecule has 0 aliphatic carbocycles. The summed E-state index contributed by atoms with van der Waals surface area (Å²) in [5.74, 6) is 0.849. The van der Waals surface area contributed by atoms with Crippen LogP contribution in [0.15, 0.2) is 61.0 Å². The molecule has 3 rings (SSSR count). The lowest BCUT2D eigenvalue weighted by Crippen LogP contribution is -2.33. The van der Waals surface area contributed by atoms with E-state index in [9.17, 15) is 0 Å². The molecule has 0 saturated heterocycles. The van der Waals surface area contributed by atoms with Crippen LogP contribution in [0.25, 0.3) is 0 Å². The smallest absolute Gasteiger partial charge is 0.119 e. The fourth-order valence-corrected chi connectivity index (χ4v) is 2.75. The highest BCUT2D eigenvalue weighted by molar-refractivity contribution is 5.34. The van der Waals surface area contributed by atoms with E-state index in [1.165, 1.54) is 0 Å². The summed E-state index contributed by atoms with van der Waals surface area (Å²) in [5.41, 5.74) is 2.13. The number of ether oxygens (including phenoxy) is 2. The normalized spacial score (nSPS) is 18.2. The standard InChI is InChI=1S/C19H22N2O2/c1-22-16-9-6-7-15(13-16)19(18-10-2-4-11-20-18)21-14-17-8-3-5-12-23-17/h2,4-7,9-13,17,19,21H,3,8,14H2,1H3. The summed E-state index contributed by atoms with van der Waals surface area (Å²) in [4.78, 5) is 4.52. The van der Waals surface area contributed by atoms with Gasteiger partial charge in [0.1, 0.15) is 11.9 Å². The number of aromatic nitrogens is 1. The summed E-state index contributed by atoms with van der Waals surface area (Å²) in [6, 6.07) is 14.1.